The predicted molar refractivity (Wildman–Crippen MR) is 63.9 cm³/mol. The quantitative estimate of drug-likeness (QED) is 0.577. The van der Waals surface area contributed by atoms with Crippen molar-refractivity contribution < 1.29 is 9.53 Å². The largest absolute Gasteiger partial charge is 0.490 e. The number of nitrogens with zero attached hydrogens (tertiary/aromatic N) is 1. The topological polar surface area (TPSA) is 38.7 Å². The van der Waals surface area contributed by atoms with E-state index in [-0.39, 0.29) is 11.6 Å². The third-order valence-electron chi connectivity index (χ3n) is 3.72. The minimum atomic E-state index is -0.329. The molecule has 1 heterocycles. The maximum atomic E-state index is 10.5. The van der Waals surface area contributed by atoms with Gasteiger partial charge in [-0.1, -0.05) is 18.2 Å². The second-order valence-corrected chi connectivity index (χ2v) is 5.00. The molecule has 0 amide bonds. The van der Waals surface area contributed by atoms with Crippen LogP contribution in [0.2, 0.25) is 0 Å². The van der Waals surface area contributed by atoms with Crippen molar-refractivity contribution in [2.24, 2.45) is 4.99 Å². The molecule has 2 aliphatic rings. The van der Waals surface area contributed by atoms with Crippen LogP contribution >= 0.6 is 0 Å². The van der Waals surface area contributed by atoms with Gasteiger partial charge in [-0.15, -0.1) is 0 Å². The highest BCUT2D eigenvalue weighted by molar-refractivity contribution is 5.51. The highest BCUT2D eigenvalue weighted by Crippen LogP contribution is 2.53. The van der Waals surface area contributed by atoms with Gasteiger partial charge in [0.05, 0.1) is 6.10 Å². The van der Waals surface area contributed by atoms with Crippen LogP contribution in [0.4, 0.5) is 0 Å². The lowest BCUT2D eigenvalue weighted by atomic mass is 9.95. The van der Waals surface area contributed by atoms with Crippen LogP contribution in [0.1, 0.15) is 37.3 Å². The van der Waals surface area contributed by atoms with Gasteiger partial charge in [0.25, 0.3) is 0 Å². The molecule has 3 heteroatoms. The lowest BCUT2D eigenvalue weighted by molar-refractivity contribution is 0.189. The van der Waals surface area contributed by atoms with E-state index in [1.165, 1.54) is 5.56 Å². The molecular formula is C14H15NO2. The maximum Gasteiger partial charge on any atom is 0.235 e. The number of para-hydroxylation sites is 1. The third-order valence-corrected chi connectivity index (χ3v) is 3.72. The summed E-state index contributed by atoms with van der Waals surface area (Å²) in [5.74, 6) is 0.961. The summed E-state index contributed by atoms with van der Waals surface area (Å²) >= 11 is 0. The molecule has 0 saturated heterocycles. The molecule has 1 saturated carbocycles. The van der Waals surface area contributed by atoms with Gasteiger partial charge in [0.1, 0.15) is 11.3 Å². The molecule has 1 atom stereocenters. The van der Waals surface area contributed by atoms with Crippen LogP contribution in [0.3, 0.4) is 0 Å². The highest BCUT2D eigenvalue weighted by Gasteiger charge is 2.47. The van der Waals surface area contributed by atoms with Crippen molar-refractivity contribution in [2.75, 3.05) is 0 Å². The van der Waals surface area contributed by atoms with Crippen LogP contribution in [0, 0.1) is 0 Å². The Labute approximate surface area is 101 Å². The zero-order chi connectivity index (χ0) is 11.9. The molecule has 88 valence electrons. The number of aryl methyl sites for hydroxylation is 1. The Morgan fingerprint density at radius 3 is 3.00 bits per heavy atom. The van der Waals surface area contributed by atoms with Gasteiger partial charge >= 0.3 is 0 Å². The second kappa shape index (κ2) is 3.71. The van der Waals surface area contributed by atoms with Crippen LogP contribution in [-0.4, -0.2) is 12.2 Å². The Balaban J connectivity index is 2.09. The van der Waals surface area contributed by atoms with Crippen molar-refractivity contribution >= 4 is 6.08 Å². The summed E-state index contributed by atoms with van der Waals surface area (Å²) in [5.41, 5.74) is 1.99. The maximum absolute atomic E-state index is 10.5. The number of fused-ring (bicyclic) bond motifs is 1. The van der Waals surface area contributed by atoms with Crippen LogP contribution in [0.15, 0.2) is 23.2 Å². The van der Waals surface area contributed by atoms with Crippen LogP contribution in [-0.2, 0) is 16.8 Å². The zero-order valence-corrected chi connectivity index (χ0v) is 9.90. The van der Waals surface area contributed by atoms with E-state index in [2.05, 4.69) is 18.0 Å². The summed E-state index contributed by atoms with van der Waals surface area (Å²) in [5, 5.41) is 0. The predicted octanol–water partition coefficient (Wildman–Crippen LogP) is 2.73. The molecule has 0 N–H and O–H groups in total. The average Bonchev–Trinajstić information content (AvgIpc) is 3.09. The molecule has 0 spiro atoms. The van der Waals surface area contributed by atoms with E-state index in [1.54, 1.807) is 6.08 Å². The zero-order valence-electron chi connectivity index (χ0n) is 9.90. The number of carbonyl (C=O) groups excluding carboxylic acids is 1. The van der Waals surface area contributed by atoms with E-state index in [0.29, 0.717) is 0 Å². The highest BCUT2D eigenvalue weighted by atomic mass is 16.5. The van der Waals surface area contributed by atoms with E-state index in [4.69, 9.17) is 4.74 Å². The Morgan fingerprint density at radius 2 is 2.29 bits per heavy atom. The van der Waals surface area contributed by atoms with Crippen molar-refractivity contribution in [3.8, 4) is 5.75 Å². The van der Waals surface area contributed by atoms with Crippen molar-refractivity contribution in [2.45, 2.75) is 44.2 Å². The lowest BCUT2D eigenvalue weighted by Crippen LogP contribution is -2.21. The Bertz CT molecular complexity index is 499. The van der Waals surface area contributed by atoms with Crippen molar-refractivity contribution in [1.82, 2.24) is 0 Å². The molecule has 0 bridgehead atoms. The van der Waals surface area contributed by atoms with Gasteiger partial charge in [0.2, 0.25) is 6.08 Å². The number of benzene rings is 1. The number of isocyanates is 1. The monoisotopic (exact) mass is 229 g/mol. The second-order valence-electron chi connectivity index (χ2n) is 5.00. The molecule has 3 nitrogen and oxygen atoms in total. The van der Waals surface area contributed by atoms with Crippen LogP contribution in [0.5, 0.6) is 5.75 Å². The number of hydrogen-bond donors (Lipinski definition) is 0. The van der Waals surface area contributed by atoms with E-state index in [9.17, 15) is 4.79 Å². The van der Waals surface area contributed by atoms with E-state index < -0.39 is 0 Å². The smallest absolute Gasteiger partial charge is 0.235 e. The molecule has 0 radical (unpaired) electrons. The van der Waals surface area contributed by atoms with Crippen molar-refractivity contribution in [3.63, 3.8) is 0 Å². The van der Waals surface area contributed by atoms with Gasteiger partial charge in [-0.3, -0.25) is 0 Å². The van der Waals surface area contributed by atoms with Gasteiger partial charge in [0, 0.05) is 5.56 Å². The molecule has 1 unspecified atom stereocenters. The van der Waals surface area contributed by atoms with Gasteiger partial charge in [0.15, 0.2) is 0 Å². The SMILES string of the molecule is CC1CCc2cccc(C3(N=C=O)CC3)c2O1. The molecule has 0 aromatic heterocycles. The van der Waals surface area contributed by atoms with Gasteiger partial charge < -0.3 is 4.74 Å². The number of rotatable bonds is 2. The van der Waals surface area contributed by atoms with Crippen molar-refractivity contribution in [3.05, 3.63) is 29.3 Å². The first-order valence-electron chi connectivity index (χ1n) is 6.13. The summed E-state index contributed by atoms with van der Waals surface area (Å²) in [6.45, 7) is 2.09. The summed E-state index contributed by atoms with van der Waals surface area (Å²) in [4.78, 5) is 14.5. The number of aliphatic imine (C=N–C) groups is 1. The lowest BCUT2D eigenvalue weighted by Gasteiger charge is -2.27. The average molecular weight is 229 g/mol. The van der Waals surface area contributed by atoms with Crippen LogP contribution in [0.25, 0.3) is 0 Å². The Hall–Kier alpha value is -1.60. The minimum absolute atomic E-state index is 0.250. The first kappa shape index (κ1) is 10.5. The standard InChI is InChI=1S/C14H15NO2/c1-10-5-6-11-3-2-4-12(13(11)17-10)14(7-8-14)15-9-16/h2-4,10H,5-8H2,1H3. The van der Waals surface area contributed by atoms with Gasteiger partial charge in [-0.2, -0.15) is 4.99 Å². The van der Waals surface area contributed by atoms with Crippen LogP contribution < -0.4 is 4.74 Å². The molecule has 1 fully saturated rings. The van der Waals surface area contributed by atoms with Gasteiger partial charge in [-0.25, -0.2) is 4.79 Å². The molecule has 3 rings (SSSR count). The van der Waals surface area contributed by atoms with Crippen molar-refractivity contribution in [1.29, 1.82) is 0 Å². The van der Waals surface area contributed by atoms with Gasteiger partial charge in [-0.05, 0) is 38.2 Å². The fourth-order valence-electron chi connectivity index (χ4n) is 2.55. The number of hydrogen-bond acceptors (Lipinski definition) is 3. The first-order valence-corrected chi connectivity index (χ1v) is 6.13. The molecule has 17 heavy (non-hydrogen) atoms. The summed E-state index contributed by atoms with van der Waals surface area (Å²) in [7, 11) is 0. The number of ether oxygens (including phenoxy) is 1. The minimum Gasteiger partial charge on any atom is -0.490 e. The van der Waals surface area contributed by atoms with E-state index in [0.717, 1.165) is 37.0 Å². The first-order chi connectivity index (χ1) is 8.25. The summed E-state index contributed by atoms with van der Waals surface area (Å²) in [6.07, 6.45) is 5.91. The molecular weight excluding hydrogens is 214 g/mol. The van der Waals surface area contributed by atoms with E-state index in [1.807, 2.05) is 12.1 Å². The normalized spacial score (nSPS) is 24.2. The summed E-state index contributed by atoms with van der Waals surface area (Å²) < 4.78 is 5.95. The third kappa shape index (κ3) is 1.67. The fraction of sp³-hybridized carbons (Fsp3) is 0.500. The summed E-state index contributed by atoms with van der Waals surface area (Å²) in [6, 6.07) is 6.17. The Kier molecular flexibility index (Phi) is 2.30. The molecule has 1 aliphatic heterocycles. The Morgan fingerprint density at radius 1 is 1.47 bits per heavy atom. The molecule has 1 aromatic rings. The molecule has 1 aliphatic carbocycles. The van der Waals surface area contributed by atoms with E-state index >= 15 is 0 Å². The fourth-order valence-corrected chi connectivity index (χ4v) is 2.55. The molecule has 1 aromatic carbocycles.